The van der Waals surface area contributed by atoms with Crippen LogP contribution in [0.1, 0.15) is 31.2 Å². The molecule has 1 aromatic heterocycles. The number of hydrogen-bond acceptors (Lipinski definition) is 2. The lowest BCUT2D eigenvalue weighted by molar-refractivity contribution is 0.462. The molecule has 1 aliphatic rings. The van der Waals surface area contributed by atoms with E-state index in [4.69, 9.17) is 5.73 Å². The smallest absolute Gasteiger partial charge is 0.0931 e. The summed E-state index contributed by atoms with van der Waals surface area (Å²) in [5.41, 5.74) is 9.66. The second kappa shape index (κ2) is 3.07. The maximum absolute atomic E-state index is 6.41. The highest BCUT2D eigenvalue weighted by Gasteiger charge is 2.31. The van der Waals surface area contributed by atoms with Crippen LogP contribution in [0.2, 0.25) is 0 Å². The molecule has 3 N–H and O–H groups in total. The van der Waals surface area contributed by atoms with Crippen molar-refractivity contribution in [1.82, 2.24) is 9.97 Å². The van der Waals surface area contributed by atoms with E-state index in [-0.39, 0.29) is 5.54 Å². The van der Waals surface area contributed by atoms with Gasteiger partial charge in [0.05, 0.1) is 17.4 Å². The normalized spacial score (nSPS) is 19.8. The van der Waals surface area contributed by atoms with Gasteiger partial charge in [0.2, 0.25) is 0 Å². The molecule has 0 amide bonds. The molecular formula is C12H15N3. The fourth-order valence-electron chi connectivity index (χ4n) is 2.54. The Morgan fingerprint density at radius 1 is 1.27 bits per heavy atom. The van der Waals surface area contributed by atoms with E-state index in [1.54, 1.807) is 6.33 Å². The van der Waals surface area contributed by atoms with Gasteiger partial charge in [-0.15, -0.1) is 0 Å². The summed E-state index contributed by atoms with van der Waals surface area (Å²) < 4.78 is 0. The van der Waals surface area contributed by atoms with E-state index in [2.05, 4.69) is 22.1 Å². The third kappa shape index (κ3) is 1.35. The molecule has 3 rings (SSSR count). The molecule has 3 heteroatoms. The van der Waals surface area contributed by atoms with Crippen LogP contribution in [0.4, 0.5) is 0 Å². The summed E-state index contributed by atoms with van der Waals surface area (Å²) in [6, 6.07) is 6.32. The third-order valence-corrected chi connectivity index (χ3v) is 3.49. The van der Waals surface area contributed by atoms with Gasteiger partial charge in [0.1, 0.15) is 0 Å². The van der Waals surface area contributed by atoms with Crippen molar-refractivity contribution in [1.29, 1.82) is 0 Å². The molecule has 0 spiro atoms. The minimum Gasteiger partial charge on any atom is -0.345 e. The standard InChI is InChI=1S/C12H15N3/c13-12(5-1-2-6-12)9-3-4-10-11(7-9)15-8-14-10/h3-4,7-8H,1-2,5-6,13H2,(H,14,15). The Bertz CT molecular complexity index is 480. The molecule has 78 valence electrons. The summed E-state index contributed by atoms with van der Waals surface area (Å²) in [5.74, 6) is 0. The van der Waals surface area contributed by atoms with E-state index in [9.17, 15) is 0 Å². The highest BCUT2D eigenvalue weighted by Crippen LogP contribution is 2.36. The first-order chi connectivity index (χ1) is 7.28. The van der Waals surface area contributed by atoms with Gasteiger partial charge in [0.25, 0.3) is 0 Å². The maximum atomic E-state index is 6.41. The maximum Gasteiger partial charge on any atom is 0.0931 e. The number of H-pyrrole nitrogens is 1. The molecule has 0 aliphatic heterocycles. The quantitative estimate of drug-likeness (QED) is 0.743. The Morgan fingerprint density at radius 2 is 2.07 bits per heavy atom. The predicted molar refractivity (Wildman–Crippen MR) is 60.4 cm³/mol. The Kier molecular flexibility index (Phi) is 1.83. The molecule has 0 radical (unpaired) electrons. The van der Waals surface area contributed by atoms with E-state index in [1.165, 1.54) is 18.4 Å². The highest BCUT2D eigenvalue weighted by molar-refractivity contribution is 5.75. The molecule has 1 saturated carbocycles. The van der Waals surface area contributed by atoms with Crippen LogP contribution in [0, 0.1) is 0 Å². The van der Waals surface area contributed by atoms with Gasteiger partial charge in [0, 0.05) is 5.54 Å². The lowest BCUT2D eigenvalue weighted by atomic mass is 9.89. The average Bonchev–Trinajstić information content (AvgIpc) is 2.85. The second-order valence-electron chi connectivity index (χ2n) is 4.50. The van der Waals surface area contributed by atoms with Crippen LogP contribution in [0.5, 0.6) is 0 Å². The van der Waals surface area contributed by atoms with Crippen molar-refractivity contribution >= 4 is 11.0 Å². The first-order valence-electron chi connectivity index (χ1n) is 5.50. The molecular weight excluding hydrogens is 186 g/mol. The van der Waals surface area contributed by atoms with E-state index in [0.29, 0.717) is 0 Å². The van der Waals surface area contributed by atoms with Gasteiger partial charge in [-0.1, -0.05) is 18.9 Å². The van der Waals surface area contributed by atoms with Gasteiger partial charge in [0.15, 0.2) is 0 Å². The van der Waals surface area contributed by atoms with Crippen LogP contribution in [-0.2, 0) is 5.54 Å². The van der Waals surface area contributed by atoms with Crippen LogP contribution in [0.25, 0.3) is 11.0 Å². The number of aromatic amines is 1. The topological polar surface area (TPSA) is 54.7 Å². The van der Waals surface area contributed by atoms with Crippen molar-refractivity contribution in [2.75, 3.05) is 0 Å². The van der Waals surface area contributed by atoms with Crippen molar-refractivity contribution in [3.8, 4) is 0 Å². The van der Waals surface area contributed by atoms with Crippen LogP contribution in [0.3, 0.4) is 0 Å². The summed E-state index contributed by atoms with van der Waals surface area (Å²) in [6.07, 6.45) is 6.43. The zero-order valence-corrected chi connectivity index (χ0v) is 8.66. The minimum absolute atomic E-state index is 0.0979. The molecule has 1 aromatic carbocycles. The van der Waals surface area contributed by atoms with Crippen LogP contribution in [-0.4, -0.2) is 9.97 Å². The number of nitrogens with two attached hydrogens (primary N) is 1. The monoisotopic (exact) mass is 201 g/mol. The molecule has 15 heavy (non-hydrogen) atoms. The molecule has 0 unspecified atom stereocenters. The number of nitrogens with one attached hydrogen (secondary N) is 1. The zero-order chi connectivity index (χ0) is 10.3. The van der Waals surface area contributed by atoms with E-state index >= 15 is 0 Å². The fourth-order valence-corrected chi connectivity index (χ4v) is 2.54. The first kappa shape index (κ1) is 8.92. The average molecular weight is 201 g/mol. The summed E-state index contributed by atoms with van der Waals surface area (Å²) >= 11 is 0. The summed E-state index contributed by atoms with van der Waals surface area (Å²) in [5, 5.41) is 0. The number of fused-ring (bicyclic) bond motifs is 1. The molecule has 0 bridgehead atoms. The fraction of sp³-hybridized carbons (Fsp3) is 0.417. The lowest BCUT2D eigenvalue weighted by Gasteiger charge is -2.23. The van der Waals surface area contributed by atoms with Crippen LogP contribution < -0.4 is 5.73 Å². The Morgan fingerprint density at radius 3 is 2.87 bits per heavy atom. The molecule has 0 saturated heterocycles. The van der Waals surface area contributed by atoms with Gasteiger partial charge in [-0.3, -0.25) is 0 Å². The van der Waals surface area contributed by atoms with Gasteiger partial charge < -0.3 is 10.7 Å². The summed E-state index contributed by atoms with van der Waals surface area (Å²) in [4.78, 5) is 7.35. The Hall–Kier alpha value is -1.35. The number of imidazole rings is 1. The second-order valence-corrected chi connectivity index (χ2v) is 4.50. The Balaban J connectivity index is 2.10. The molecule has 3 nitrogen and oxygen atoms in total. The molecule has 1 heterocycles. The first-order valence-corrected chi connectivity index (χ1v) is 5.50. The largest absolute Gasteiger partial charge is 0.345 e. The minimum atomic E-state index is -0.0979. The van der Waals surface area contributed by atoms with Gasteiger partial charge in [-0.25, -0.2) is 4.98 Å². The van der Waals surface area contributed by atoms with Crippen molar-refractivity contribution in [3.05, 3.63) is 30.1 Å². The van der Waals surface area contributed by atoms with Gasteiger partial charge >= 0.3 is 0 Å². The van der Waals surface area contributed by atoms with Crippen LogP contribution in [0.15, 0.2) is 24.5 Å². The third-order valence-electron chi connectivity index (χ3n) is 3.49. The van der Waals surface area contributed by atoms with Crippen molar-refractivity contribution in [3.63, 3.8) is 0 Å². The number of rotatable bonds is 1. The molecule has 1 fully saturated rings. The van der Waals surface area contributed by atoms with E-state index < -0.39 is 0 Å². The highest BCUT2D eigenvalue weighted by atomic mass is 14.9. The van der Waals surface area contributed by atoms with Crippen molar-refractivity contribution in [2.24, 2.45) is 5.73 Å². The van der Waals surface area contributed by atoms with Crippen molar-refractivity contribution in [2.45, 2.75) is 31.2 Å². The number of benzene rings is 1. The zero-order valence-electron chi connectivity index (χ0n) is 8.66. The number of aromatic nitrogens is 2. The molecule has 2 aromatic rings. The molecule has 1 aliphatic carbocycles. The van der Waals surface area contributed by atoms with Gasteiger partial charge in [-0.05, 0) is 30.5 Å². The summed E-state index contributed by atoms with van der Waals surface area (Å²) in [7, 11) is 0. The number of nitrogens with zero attached hydrogens (tertiary/aromatic N) is 1. The van der Waals surface area contributed by atoms with Crippen molar-refractivity contribution < 1.29 is 0 Å². The van der Waals surface area contributed by atoms with E-state index in [1.807, 2.05) is 6.07 Å². The van der Waals surface area contributed by atoms with Gasteiger partial charge in [-0.2, -0.15) is 0 Å². The SMILES string of the molecule is NC1(c2ccc3nc[nH]c3c2)CCCC1. The number of hydrogen-bond donors (Lipinski definition) is 2. The molecule has 0 atom stereocenters. The van der Waals surface area contributed by atoms with E-state index in [0.717, 1.165) is 23.9 Å². The Labute approximate surface area is 88.7 Å². The predicted octanol–water partition coefficient (Wildman–Crippen LogP) is 2.29. The van der Waals surface area contributed by atoms with Crippen LogP contribution >= 0.6 is 0 Å². The summed E-state index contributed by atoms with van der Waals surface area (Å²) in [6.45, 7) is 0. The lowest BCUT2D eigenvalue weighted by Crippen LogP contribution is -2.32.